The summed E-state index contributed by atoms with van der Waals surface area (Å²) in [5, 5.41) is 12.8. The third-order valence-electron chi connectivity index (χ3n) is 3.84. The van der Waals surface area contributed by atoms with Crippen molar-refractivity contribution in [2.24, 2.45) is 0 Å². The Kier molecular flexibility index (Phi) is 5.25. The number of ether oxygens (including phenoxy) is 1. The van der Waals surface area contributed by atoms with E-state index in [9.17, 15) is 18.7 Å². The highest BCUT2D eigenvalue weighted by Gasteiger charge is 2.31. The number of benzene rings is 1. The predicted molar refractivity (Wildman–Crippen MR) is 72.9 cm³/mol. The molecule has 1 amide bonds. The minimum absolute atomic E-state index is 0.234. The molecular weight excluding hydrogens is 280 g/mol. The summed E-state index contributed by atoms with van der Waals surface area (Å²) in [6, 6.07) is 2.28. The van der Waals surface area contributed by atoms with Gasteiger partial charge in [0.15, 0.2) is 0 Å². The maximum atomic E-state index is 13.6. The van der Waals surface area contributed by atoms with E-state index in [-0.39, 0.29) is 11.7 Å². The number of amides is 1. The SMILES string of the molecule is CO[C@@H]1CCCC[C@@H](NC(=O)c2ccc(F)cc2F)[C@H]1O. The highest BCUT2D eigenvalue weighted by atomic mass is 19.1. The molecule has 0 unspecified atom stereocenters. The molecule has 0 bridgehead atoms. The number of rotatable bonds is 3. The van der Waals surface area contributed by atoms with Gasteiger partial charge in [0.05, 0.1) is 17.7 Å². The molecule has 4 nitrogen and oxygen atoms in total. The number of nitrogens with one attached hydrogen (secondary N) is 1. The molecule has 0 radical (unpaired) electrons. The maximum absolute atomic E-state index is 13.6. The van der Waals surface area contributed by atoms with Crippen molar-refractivity contribution >= 4 is 5.91 Å². The third-order valence-corrected chi connectivity index (χ3v) is 3.84. The van der Waals surface area contributed by atoms with Gasteiger partial charge in [-0.3, -0.25) is 4.79 Å². The van der Waals surface area contributed by atoms with E-state index in [0.29, 0.717) is 12.5 Å². The molecule has 1 saturated carbocycles. The lowest BCUT2D eigenvalue weighted by molar-refractivity contribution is -0.0277. The second-order valence-electron chi connectivity index (χ2n) is 5.25. The van der Waals surface area contributed by atoms with E-state index < -0.39 is 29.7 Å². The van der Waals surface area contributed by atoms with E-state index in [2.05, 4.69) is 5.32 Å². The monoisotopic (exact) mass is 299 g/mol. The van der Waals surface area contributed by atoms with Crippen LogP contribution < -0.4 is 5.32 Å². The highest BCUT2D eigenvalue weighted by molar-refractivity contribution is 5.94. The fourth-order valence-electron chi connectivity index (χ4n) is 2.64. The molecule has 1 aliphatic rings. The van der Waals surface area contributed by atoms with E-state index in [1.54, 1.807) is 0 Å². The first kappa shape index (κ1) is 15.9. The van der Waals surface area contributed by atoms with Gasteiger partial charge >= 0.3 is 0 Å². The van der Waals surface area contributed by atoms with Crippen molar-refractivity contribution in [2.75, 3.05) is 7.11 Å². The van der Waals surface area contributed by atoms with Gasteiger partial charge in [-0.1, -0.05) is 12.8 Å². The summed E-state index contributed by atoms with van der Waals surface area (Å²) in [6.45, 7) is 0. The summed E-state index contributed by atoms with van der Waals surface area (Å²) < 4.78 is 31.7. The van der Waals surface area contributed by atoms with Crippen molar-refractivity contribution in [1.82, 2.24) is 5.32 Å². The average molecular weight is 299 g/mol. The second kappa shape index (κ2) is 6.95. The Morgan fingerprint density at radius 2 is 2.05 bits per heavy atom. The van der Waals surface area contributed by atoms with Gasteiger partial charge in [0, 0.05) is 13.2 Å². The number of aliphatic hydroxyl groups excluding tert-OH is 1. The lowest BCUT2D eigenvalue weighted by Crippen LogP contribution is -2.48. The van der Waals surface area contributed by atoms with E-state index >= 15 is 0 Å². The normalized spacial score (nSPS) is 26.2. The van der Waals surface area contributed by atoms with Crippen LogP contribution in [0.3, 0.4) is 0 Å². The maximum Gasteiger partial charge on any atom is 0.254 e. The summed E-state index contributed by atoms with van der Waals surface area (Å²) in [4.78, 5) is 12.1. The first-order valence-electron chi connectivity index (χ1n) is 6.99. The standard InChI is InChI=1S/C15H19F2NO3/c1-21-13-5-3-2-4-12(14(13)19)18-15(20)10-7-6-9(16)8-11(10)17/h6-8,12-14,19H,2-5H2,1H3,(H,18,20)/t12-,13-,14-/m1/s1. The lowest BCUT2D eigenvalue weighted by atomic mass is 10.0. The molecule has 2 N–H and O–H groups in total. The molecule has 0 heterocycles. The third kappa shape index (κ3) is 3.77. The van der Waals surface area contributed by atoms with Crippen LogP contribution in [0.1, 0.15) is 36.0 Å². The van der Waals surface area contributed by atoms with Crippen molar-refractivity contribution in [1.29, 1.82) is 0 Å². The van der Waals surface area contributed by atoms with Crippen LogP contribution in [0.5, 0.6) is 0 Å². The Morgan fingerprint density at radius 3 is 2.71 bits per heavy atom. The predicted octanol–water partition coefficient (Wildman–Crippen LogP) is 2.01. The summed E-state index contributed by atoms with van der Waals surface area (Å²) in [5.41, 5.74) is -0.234. The average Bonchev–Trinajstić information content (AvgIpc) is 2.61. The second-order valence-corrected chi connectivity index (χ2v) is 5.25. The van der Waals surface area contributed by atoms with Gasteiger partial charge in [0.1, 0.15) is 17.7 Å². The van der Waals surface area contributed by atoms with Gasteiger partial charge in [0.2, 0.25) is 0 Å². The van der Waals surface area contributed by atoms with Crippen LogP contribution in [0.25, 0.3) is 0 Å². The fraction of sp³-hybridized carbons (Fsp3) is 0.533. The zero-order valence-electron chi connectivity index (χ0n) is 11.8. The first-order chi connectivity index (χ1) is 10.0. The smallest absolute Gasteiger partial charge is 0.254 e. The number of hydrogen-bond acceptors (Lipinski definition) is 3. The van der Waals surface area contributed by atoms with Crippen LogP contribution >= 0.6 is 0 Å². The zero-order valence-corrected chi connectivity index (χ0v) is 11.8. The summed E-state index contributed by atoms with van der Waals surface area (Å²) in [6.07, 6.45) is 1.85. The molecule has 0 aromatic heterocycles. The molecule has 0 aliphatic heterocycles. The highest BCUT2D eigenvalue weighted by Crippen LogP contribution is 2.21. The Bertz CT molecular complexity index is 510. The van der Waals surface area contributed by atoms with Crippen LogP contribution in [0.4, 0.5) is 8.78 Å². The van der Waals surface area contributed by atoms with Crippen LogP contribution in [-0.4, -0.2) is 36.4 Å². The van der Waals surface area contributed by atoms with Crippen molar-refractivity contribution < 1.29 is 23.4 Å². The Morgan fingerprint density at radius 1 is 1.33 bits per heavy atom. The molecule has 0 spiro atoms. The number of carbonyl (C=O) groups is 1. The van der Waals surface area contributed by atoms with Crippen LogP contribution in [0.15, 0.2) is 18.2 Å². The van der Waals surface area contributed by atoms with Gasteiger partial charge in [0.25, 0.3) is 5.91 Å². The lowest BCUT2D eigenvalue weighted by Gasteiger charge is -2.27. The van der Waals surface area contributed by atoms with Crippen molar-refractivity contribution in [3.8, 4) is 0 Å². The molecule has 1 aromatic carbocycles. The molecule has 1 fully saturated rings. The van der Waals surface area contributed by atoms with Gasteiger partial charge in [-0.2, -0.15) is 0 Å². The molecule has 21 heavy (non-hydrogen) atoms. The van der Waals surface area contributed by atoms with Crippen LogP contribution in [-0.2, 0) is 4.74 Å². The fourth-order valence-corrected chi connectivity index (χ4v) is 2.64. The number of halogens is 2. The van der Waals surface area contributed by atoms with Crippen molar-refractivity contribution in [3.05, 3.63) is 35.4 Å². The minimum atomic E-state index is -0.918. The molecule has 2 rings (SSSR count). The Balaban J connectivity index is 2.10. The molecule has 116 valence electrons. The number of methoxy groups -OCH3 is 1. The summed E-state index contributed by atoms with van der Waals surface area (Å²) in [5.74, 6) is -2.31. The minimum Gasteiger partial charge on any atom is -0.388 e. The van der Waals surface area contributed by atoms with E-state index in [0.717, 1.165) is 31.4 Å². The number of hydrogen-bond donors (Lipinski definition) is 2. The zero-order chi connectivity index (χ0) is 15.4. The molecule has 6 heteroatoms. The number of carbonyl (C=O) groups excluding carboxylic acids is 1. The number of aliphatic hydroxyl groups is 1. The molecular formula is C15H19F2NO3. The van der Waals surface area contributed by atoms with Gasteiger partial charge in [-0.25, -0.2) is 8.78 Å². The van der Waals surface area contributed by atoms with Crippen molar-refractivity contribution in [2.45, 2.75) is 43.9 Å². The van der Waals surface area contributed by atoms with E-state index in [1.165, 1.54) is 7.11 Å². The van der Waals surface area contributed by atoms with E-state index in [1.807, 2.05) is 0 Å². The quantitative estimate of drug-likeness (QED) is 0.840. The molecule has 3 atom stereocenters. The van der Waals surface area contributed by atoms with Gasteiger partial charge in [-0.05, 0) is 25.0 Å². The summed E-state index contributed by atoms with van der Waals surface area (Å²) in [7, 11) is 1.51. The molecule has 1 aliphatic carbocycles. The largest absolute Gasteiger partial charge is 0.388 e. The first-order valence-corrected chi connectivity index (χ1v) is 6.99. The van der Waals surface area contributed by atoms with Gasteiger partial charge in [-0.15, -0.1) is 0 Å². The van der Waals surface area contributed by atoms with E-state index in [4.69, 9.17) is 4.74 Å². The van der Waals surface area contributed by atoms with Crippen molar-refractivity contribution in [3.63, 3.8) is 0 Å². The molecule has 0 saturated heterocycles. The van der Waals surface area contributed by atoms with Crippen LogP contribution in [0.2, 0.25) is 0 Å². The summed E-state index contributed by atoms with van der Waals surface area (Å²) >= 11 is 0. The molecule has 1 aromatic rings. The van der Waals surface area contributed by atoms with Gasteiger partial charge < -0.3 is 15.2 Å². The Labute approximate surface area is 122 Å². The topological polar surface area (TPSA) is 58.6 Å². The Hall–Kier alpha value is -1.53. The van der Waals surface area contributed by atoms with Crippen LogP contribution in [0, 0.1) is 11.6 Å².